The number of amides is 2. The van der Waals surface area contributed by atoms with E-state index in [1.165, 1.54) is 4.90 Å². The van der Waals surface area contributed by atoms with E-state index in [2.05, 4.69) is 0 Å². The molecule has 2 amide bonds. The summed E-state index contributed by atoms with van der Waals surface area (Å²) >= 11 is 0. The number of hydrogen-bond acceptors (Lipinski definition) is 4. The lowest BCUT2D eigenvalue weighted by molar-refractivity contribution is -0.146. The highest BCUT2D eigenvalue weighted by Gasteiger charge is 2.32. The van der Waals surface area contributed by atoms with Crippen molar-refractivity contribution in [3.8, 4) is 5.75 Å². The smallest absolute Gasteiger partial charge is 0.246 e. The minimum Gasteiger partial charge on any atom is -0.497 e. The van der Waals surface area contributed by atoms with Crippen molar-refractivity contribution in [2.24, 2.45) is 5.73 Å². The first-order chi connectivity index (χ1) is 14.5. The van der Waals surface area contributed by atoms with E-state index in [1.54, 1.807) is 26.2 Å². The maximum absolute atomic E-state index is 13.7. The predicted molar refractivity (Wildman–Crippen MR) is 117 cm³/mol. The highest BCUT2D eigenvalue weighted by molar-refractivity contribution is 6.01. The van der Waals surface area contributed by atoms with Crippen LogP contribution in [0.5, 0.6) is 5.75 Å². The third kappa shape index (κ3) is 4.93. The van der Waals surface area contributed by atoms with Crippen LogP contribution >= 0.6 is 0 Å². The number of nitrogens with two attached hydrogens (primary N) is 1. The summed E-state index contributed by atoms with van der Waals surface area (Å²) in [6.45, 7) is 1.73. The van der Waals surface area contributed by atoms with Crippen molar-refractivity contribution >= 4 is 11.8 Å². The van der Waals surface area contributed by atoms with Crippen LogP contribution in [0, 0.1) is 0 Å². The van der Waals surface area contributed by atoms with Gasteiger partial charge >= 0.3 is 0 Å². The first kappa shape index (κ1) is 21.3. The normalized spacial score (nSPS) is 11.7. The number of carbonyl (C=O) groups excluding carboxylic acids is 2. The van der Waals surface area contributed by atoms with Crippen molar-refractivity contribution in [1.82, 2.24) is 4.90 Å². The van der Waals surface area contributed by atoms with E-state index in [1.807, 2.05) is 72.8 Å². The average molecular weight is 402 g/mol. The lowest BCUT2D eigenvalue weighted by atomic mass is 9.89. The zero-order chi connectivity index (χ0) is 21.5. The zero-order valence-corrected chi connectivity index (χ0v) is 17.2. The van der Waals surface area contributed by atoms with Crippen LogP contribution in [0.2, 0.25) is 0 Å². The zero-order valence-electron chi connectivity index (χ0n) is 17.2. The van der Waals surface area contributed by atoms with E-state index in [0.29, 0.717) is 5.75 Å². The Bertz CT molecular complexity index is 931. The van der Waals surface area contributed by atoms with Crippen molar-refractivity contribution in [2.75, 3.05) is 7.11 Å². The summed E-state index contributed by atoms with van der Waals surface area (Å²) in [6, 6.07) is 25.5. The fourth-order valence-electron chi connectivity index (χ4n) is 3.35. The van der Waals surface area contributed by atoms with Crippen molar-refractivity contribution in [3.63, 3.8) is 0 Å². The molecule has 3 aromatic carbocycles. The van der Waals surface area contributed by atoms with Gasteiger partial charge in [0.15, 0.2) is 0 Å². The Morgan fingerprint density at radius 2 is 1.33 bits per heavy atom. The molecule has 0 aromatic heterocycles. The standard InChI is InChI=1S/C25H26N2O3/c1-18(26)24(28)27(17-19-13-15-22(30-2)16-14-19)25(29)23(20-9-5-3-6-10-20)21-11-7-4-8-12-21/h3-16,18,23H,17,26H2,1-2H3/t18-/m0/s1. The van der Waals surface area contributed by atoms with Crippen molar-refractivity contribution < 1.29 is 14.3 Å². The predicted octanol–water partition coefficient (Wildman–Crippen LogP) is 3.73. The Morgan fingerprint density at radius 1 is 0.833 bits per heavy atom. The topological polar surface area (TPSA) is 72.6 Å². The SMILES string of the molecule is COc1ccc(CN(C(=O)C(c2ccccc2)c2ccccc2)C(=O)[C@H](C)N)cc1. The summed E-state index contributed by atoms with van der Waals surface area (Å²) in [5.41, 5.74) is 8.36. The Morgan fingerprint density at radius 3 is 1.77 bits per heavy atom. The molecule has 0 fully saturated rings. The van der Waals surface area contributed by atoms with E-state index < -0.39 is 17.9 Å². The summed E-state index contributed by atoms with van der Waals surface area (Å²) in [6.07, 6.45) is 0. The number of nitrogens with zero attached hydrogens (tertiary/aromatic N) is 1. The van der Waals surface area contributed by atoms with E-state index in [9.17, 15) is 9.59 Å². The van der Waals surface area contributed by atoms with Crippen LogP contribution < -0.4 is 10.5 Å². The molecule has 3 rings (SSSR count). The number of carbonyl (C=O) groups is 2. The second kappa shape index (κ2) is 9.85. The largest absolute Gasteiger partial charge is 0.497 e. The number of hydrogen-bond donors (Lipinski definition) is 1. The summed E-state index contributed by atoms with van der Waals surface area (Å²) in [5, 5.41) is 0. The molecule has 3 aromatic rings. The molecular formula is C25H26N2O3. The molecule has 154 valence electrons. The lowest BCUT2D eigenvalue weighted by Crippen LogP contribution is -2.47. The molecule has 0 heterocycles. The van der Waals surface area contributed by atoms with Crippen LogP contribution in [0.15, 0.2) is 84.9 Å². The Hall–Kier alpha value is -3.44. The van der Waals surface area contributed by atoms with E-state index in [-0.39, 0.29) is 12.5 Å². The Kier molecular flexibility index (Phi) is 6.99. The van der Waals surface area contributed by atoms with E-state index in [0.717, 1.165) is 16.7 Å². The van der Waals surface area contributed by atoms with Crippen LogP contribution in [-0.2, 0) is 16.1 Å². The molecule has 30 heavy (non-hydrogen) atoms. The quantitative estimate of drug-likeness (QED) is 0.654. The van der Waals surface area contributed by atoms with Gasteiger partial charge in [-0.05, 0) is 35.7 Å². The molecule has 2 N–H and O–H groups in total. The van der Waals surface area contributed by atoms with Gasteiger partial charge in [0.25, 0.3) is 0 Å². The lowest BCUT2D eigenvalue weighted by Gasteiger charge is -2.28. The summed E-state index contributed by atoms with van der Waals surface area (Å²) < 4.78 is 5.19. The van der Waals surface area contributed by atoms with Crippen molar-refractivity contribution in [2.45, 2.75) is 25.4 Å². The fourth-order valence-corrected chi connectivity index (χ4v) is 3.35. The summed E-state index contributed by atoms with van der Waals surface area (Å²) in [5.74, 6) is -0.604. The highest BCUT2D eigenvalue weighted by Crippen LogP contribution is 2.28. The van der Waals surface area contributed by atoms with Crippen LogP contribution in [0.3, 0.4) is 0 Å². The maximum atomic E-state index is 13.7. The van der Waals surface area contributed by atoms with E-state index in [4.69, 9.17) is 10.5 Å². The molecule has 0 aliphatic rings. The van der Waals surface area contributed by atoms with Gasteiger partial charge in [-0.25, -0.2) is 0 Å². The van der Waals surface area contributed by atoms with Gasteiger partial charge in [0, 0.05) is 0 Å². The Balaban J connectivity index is 2.00. The molecule has 0 unspecified atom stereocenters. The van der Waals surface area contributed by atoms with Crippen molar-refractivity contribution in [3.05, 3.63) is 102 Å². The minimum atomic E-state index is -0.792. The molecule has 5 nitrogen and oxygen atoms in total. The van der Waals surface area contributed by atoms with Crippen LogP contribution in [-0.4, -0.2) is 29.9 Å². The number of methoxy groups -OCH3 is 1. The molecule has 5 heteroatoms. The second-order valence-electron chi connectivity index (χ2n) is 7.15. The van der Waals surface area contributed by atoms with Gasteiger partial charge in [-0.15, -0.1) is 0 Å². The molecule has 0 saturated carbocycles. The van der Waals surface area contributed by atoms with E-state index >= 15 is 0 Å². The van der Waals surface area contributed by atoms with Gasteiger partial charge in [0.05, 0.1) is 25.6 Å². The fraction of sp³-hybridized carbons (Fsp3) is 0.200. The van der Waals surface area contributed by atoms with Gasteiger partial charge in [0.1, 0.15) is 5.75 Å². The van der Waals surface area contributed by atoms with Crippen LogP contribution in [0.4, 0.5) is 0 Å². The number of rotatable bonds is 7. The second-order valence-corrected chi connectivity index (χ2v) is 7.15. The summed E-state index contributed by atoms with van der Waals surface area (Å²) in [7, 11) is 1.59. The van der Waals surface area contributed by atoms with Crippen LogP contribution in [0.1, 0.15) is 29.5 Å². The number of ether oxygens (including phenoxy) is 1. The minimum absolute atomic E-state index is 0.138. The van der Waals surface area contributed by atoms with Crippen molar-refractivity contribution in [1.29, 1.82) is 0 Å². The molecule has 1 atom stereocenters. The molecule has 0 aliphatic heterocycles. The van der Waals surface area contributed by atoms with Crippen LogP contribution in [0.25, 0.3) is 0 Å². The van der Waals surface area contributed by atoms with Gasteiger partial charge in [0.2, 0.25) is 11.8 Å². The average Bonchev–Trinajstić information content (AvgIpc) is 2.79. The monoisotopic (exact) mass is 402 g/mol. The highest BCUT2D eigenvalue weighted by atomic mass is 16.5. The first-order valence-corrected chi connectivity index (χ1v) is 9.85. The first-order valence-electron chi connectivity index (χ1n) is 9.85. The maximum Gasteiger partial charge on any atom is 0.246 e. The van der Waals surface area contributed by atoms with Gasteiger partial charge in [-0.2, -0.15) is 0 Å². The molecule has 0 saturated heterocycles. The third-order valence-electron chi connectivity index (χ3n) is 4.93. The molecular weight excluding hydrogens is 376 g/mol. The third-order valence-corrected chi connectivity index (χ3v) is 4.93. The van der Waals surface area contributed by atoms with Gasteiger partial charge < -0.3 is 10.5 Å². The number of imide groups is 1. The summed E-state index contributed by atoms with van der Waals surface area (Å²) in [4.78, 5) is 27.9. The Labute approximate surface area is 177 Å². The molecule has 0 radical (unpaired) electrons. The molecule has 0 bridgehead atoms. The number of benzene rings is 3. The molecule has 0 spiro atoms. The molecule has 0 aliphatic carbocycles. The van der Waals surface area contributed by atoms with Gasteiger partial charge in [-0.1, -0.05) is 72.8 Å². The van der Waals surface area contributed by atoms with Gasteiger partial charge in [-0.3, -0.25) is 14.5 Å².